The van der Waals surface area contributed by atoms with Crippen molar-refractivity contribution >= 4 is 5.91 Å². The first-order valence-corrected chi connectivity index (χ1v) is 3.63. The SMILES string of the molecule is C[C@@H]1C(=O)N[C@H]1c1ccco1. The smallest absolute Gasteiger partial charge is 0.225 e. The van der Waals surface area contributed by atoms with Gasteiger partial charge in [-0.05, 0) is 12.1 Å². The highest BCUT2D eigenvalue weighted by Gasteiger charge is 2.37. The number of furan rings is 1. The molecule has 58 valence electrons. The second-order valence-electron chi connectivity index (χ2n) is 2.79. The van der Waals surface area contributed by atoms with Gasteiger partial charge in [-0.3, -0.25) is 4.79 Å². The Morgan fingerprint density at radius 1 is 1.64 bits per heavy atom. The molecule has 1 aliphatic heterocycles. The van der Waals surface area contributed by atoms with E-state index < -0.39 is 0 Å². The Kier molecular flexibility index (Phi) is 1.24. The van der Waals surface area contributed by atoms with Crippen LogP contribution in [0.5, 0.6) is 0 Å². The van der Waals surface area contributed by atoms with E-state index in [0.717, 1.165) is 5.76 Å². The molecule has 0 aromatic carbocycles. The van der Waals surface area contributed by atoms with Gasteiger partial charge < -0.3 is 9.73 Å². The van der Waals surface area contributed by atoms with Gasteiger partial charge in [-0.1, -0.05) is 6.92 Å². The molecule has 0 spiro atoms. The molecule has 0 unspecified atom stereocenters. The Morgan fingerprint density at radius 3 is 2.91 bits per heavy atom. The third-order valence-corrected chi connectivity index (χ3v) is 2.06. The van der Waals surface area contributed by atoms with Crippen molar-refractivity contribution < 1.29 is 9.21 Å². The number of hydrogen-bond donors (Lipinski definition) is 1. The van der Waals surface area contributed by atoms with Crippen molar-refractivity contribution in [3.63, 3.8) is 0 Å². The maximum atomic E-state index is 10.8. The molecular formula is C8H9NO2. The maximum Gasteiger partial charge on any atom is 0.225 e. The van der Waals surface area contributed by atoms with Crippen LogP contribution in [0.3, 0.4) is 0 Å². The van der Waals surface area contributed by atoms with E-state index in [1.807, 2.05) is 19.1 Å². The Bertz CT molecular complexity index is 266. The van der Waals surface area contributed by atoms with Crippen molar-refractivity contribution in [3.05, 3.63) is 24.2 Å². The molecule has 0 saturated carbocycles. The van der Waals surface area contributed by atoms with Crippen LogP contribution in [0.2, 0.25) is 0 Å². The molecule has 2 rings (SSSR count). The highest BCUT2D eigenvalue weighted by atomic mass is 16.3. The molecule has 1 aliphatic rings. The summed E-state index contributed by atoms with van der Waals surface area (Å²) in [5.41, 5.74) is 0. The van der Waals surface area contributed by atoms with Gasteiger partial charge in [0.05, 0.1) is 18.2 Å². The summed E-state index contributed by atoms with van der Waals surface area (Å²) < 4.78 is 5.14. The van der Waals surface area contributed by atoms with Gasteiger partial charge in [0, 0.05) is 0 Å². The third-order valence-electron chi connectivity index (χ3n) is 2.06. The molecule has 0 bridgehead atoms. The molecule has 2 atom stereocenters. The van der Waals surface area contributed by atoms with E-state index in [1.54, 1.807) is 6.26 Å². The average molecular weight is 151 g/mol. The highest BCUT2D eigenvalue weighted by molar-refractivity contribution is 5.85. The van der Waals surface area contributed by atoms with Gasteiger partial charge in [-0.2, -0.15) is 0 Å². The van der Waals surface area contributed by atoms with E-state index in [-0.39, 0.29) is 17.9 Å². The predicted molar refractivity (Wildman–Crippen MR) is 38.8 cm³/mol. The number of amides is 1. The summed E-state index contributed by atoms with van der Waals surface area (Å²) in [6, 6.07) is 3.80. The van der Waals surface area contributed by atoms with Gasteiger partial charge in [-0.15, -0.1) is 0 Å². The lowest BCUT2D eigenvalue weighted by Crippen LogP contribution is -2.49. The van der Waals surface area contributed by atoms with Crippen molar-refractivity contribution in [2.24, 2.45) is 5.92 Å². The first kappa shape index (κ1) is 6.46. The molecule has 1 saturated heterocycles. The fourth-order valence-corrected chi connectivity index (χ4v) is 1.25. The van der Waals surface area contributed by atoms with Gasteiger partial charge in [0.15, 0.2) is 0 Å². The van der Waals surface area contributed by atoms with Crippen LogP contribution in [0, 0.1) is 5.92 Å². The van der Waals surface area contributed by atoms with E-state index in [9.17, 15) is 4.79 Å². The van der Waals surface area contributed by atoms with Gasteiger partial charge in [0.2, 0.25) is 5.91 Å². The molecule has 3 heteroatoms. The van der Waals surface area contributed by atoms with Crippen molar-refractivity contribution in [2.45, 2.75) is 13.0 Å². The van der Waals surface area contributed by atoms with Crippen molar-refractivity contribution in [1.29, 1.82) is 0 Å². The summed E-state index contributed by atoms with van der Waals surface area (Å²) in [7, 11) is 0. The number of β-lactam (4-membered cyclic amide) rings is 1. The predicted octanol–water partition coefficient (Wildman–Crippen LogP) is 1.09. The molecule has 0 aliphatic carbocycles. The molecule has 11 heavy (non-hydrogen) atoms. The minimum absolute atomic E-state index is 0.0566. The molecule has 1 aromatic rings. The van der Waals surface area contributed by atoms with Crippen LogP contribution in [-0.4, -0.2) is 5.91 Å². The Balaban J connectivity index is 2.15. The largest absolute Gasteiger partial charge is 0.467 e. The van der Waals surface area contributed by atoms with Crippen LogP contribution >= 0.6 is 0 Å². The van der Waals surface area contributed by atoms with Gasteiger partial charge in [0.25, 0.3) is 0 Å². The fraction of sp³-hybridized carbons (Fsp3) is 0.375. The van der Waals surface area contributed by atoms with E-state index in [1.165, 1.54) is 0 Å². The summed E-state index contributed by atoms with van der Waals surface area (Å²) in [5, 5.41) is 2.76. The van der Waals surface area contributed by atoms with Gasteiger partial charge in [0.1, 0.15) is 5.76 Å². The Labute approximate surface area is 64.4 Å². The number of hydrogen-bond acceptors (Lipinski definition) is 2. The zero-order valence-electron chi connectivity index (χ0n) is 6.20. The van der Waals surface area contributed by atoms with Crippen molar-refractivity contribution in [3.8, 4) is 0 Å². The molecule has 0 radical (unpaired) electrons. The second kappa shape index (κ2) is 2.12. The molecule has 1 amide bonds. The normalized spacial score (nSPS) is 29.4. The second-order valence-corrected chi connectivity index (χ2v) is 2.79. The molecule has 3 nitrogen and oxygen atoms in total. The van der Waals surface area contributed by atoms with Crippen LogP contribution in [0.15, 0.2) is 22.8 Å². The number of nitrogens with one attached hydrogen (secondary N) is 1. The Hall–Kier alpha value is -1.25. The van der Waals surface area contributed by atoms with Crippen LogP contribution in [-0.2, 0) is 4.79 Å². The van der Waals surface area contributed by atoms with E-state index in [4.69, 9.17) is 4.42 Å². The number of carbonyl (C=O) groups is 1. The van der Waals surface area contributed by atoms with E-state index >= 15 is 0 Å². The summed E-state index contributed by atoms with van der Waals surface area (Å²) in [4.78, 5) is 10.8. The third kappa shape index (κ3) is 0.843. The lowest BCUT2D eigenvalue weighted by molar-refractivity contribution is -0.134. The van der Waals surface area contributed by atoms with E-state index in [0.29, 0.717) is 0 Å². The first-order chi connectivity index (χ1) is 5.29. The quantitative estimate of drug-likeness (QED) is 0.610. The van der Waals surface area contributed by atoms with Crippen LogP contribution in [0.25, 0.3) is 0 Å². The number of carbonyl (C=O) groups excluding carboxylic acids is 1. The highest BCUT2D eigenvalue weighted by Crippen LogP contribution is 2.29. The molecule has 2 heterocycles. The lowest BCUT2D eigenvalue weighted by Gasteiger charge is -2.32. The zero-order valence-corrected chi connectivity index (χ0v) is 6.20. The molecular weight excluding hydrogens is 142 g/mol. The lowest BCUT2D eigenvalue weighted by atomic mass is 9.91. The van der Waals surface area contributed by atoms with Crippen LogP contribution in [0.4, 0.5) is 0 Å². The standard InChI is InChI=1S/C8H9NO2/c1-5-7(9-8(5)10)6-3-2-4-11-6/h2-5,7H,1H3,(H,9,10)/t5-,7+/m0/s1. The topological polar surface area (TPSA) is 42.2 Å². The molecule has 1 fully saturated rings. The first-order valence-electron chi connectivity index (χ1n) is 3.63. The number of rotatable bonds is 1. The summed E-state index contributed by atoms with van der Waals surface area (Å²) >= 11 is 0. The zero-order chi connectivity index (χ0) is 7.84. The minimum Gasteiger partial charge on any atom is -0.467 e. The summed E-state index contributed by atoms with van der Waals surface area (Å²) in [6.07, 6.45) is 1.62. The minimum atomic E-state index is 0.0566. The van der Waals surface area contributed by atoms with Crippen molar-refractivity contribution in [2.75, 3.05) is 0 Å². The summed E-state index contributed by atoms with van der Waals surface area (Å²) in [5.74, 6) is 1.00. The summed E-state index contributed by atoms with van der Waals surface area (Å²) in [6.45, 7) is 1.89. The molecule has 1 N–H and O–H groups in total. The van der Waals surface area contributed by atoms with Crippen LogP contribution < -0.4 is 5.32 Å². The van der Waals surface area contributed by atoms with Gasteiger partial charge >= 0.3 is 0 Å². The maximum absolute atomic E-state index is 10.8. The molecule has 1 aromatic heterocycles. The van der Waals surface area contributed by atoms with Crippen molar-refractivity contribution in [1.82, 2.24) is 5.32 Å². The fourth-order valence-electron chi connectivity index (χ4n) is 1.25. The average Bonchev–Trinajstić information content (AvgIpc) is 2.51. The van der Waals surface area contributed by atoms with Gasteiger partial charge in [-0.25, -0.2) is 0 Å². The van der Waals surface area contributed by atoms with Crippen LogP contribution in [0.1, 0.15) is 18.7 Å². The monoisotopic (exact) mass is 151 g/mol. The van der Waals surface area contributed by atoms with E-state index in [2.05, 4.69) is 5.32 Å². The Morgan fingerprint density at radius 2 is 2.45 bits per heavy atom.